The molecule has 0 aliphatic carbocycles. The van der Waals surface area contributed by atoms with Gasteiger partial charge in [-0.15, -0.1) is 0 Å². The van der Waals surface area contributed by atoms with Crippen molar-refractivity contribution in [2.45, 2.75) is 38.2 Å². The SMILES string of the molecule is O=C1CCc2cc(C(=O)NCCCOC[C@@H]3CCCO3)ccc2N1. The number of hydrogen-bond donors (Lipinski definition) is 2. The van der Waals surface area contributed by atoms with Crippen molar-refractivity contribution in [3.05, 3.63) is 29.3 Å². The number of anilines is 1. The van der Waals surface area contributed by atoms with Crippen molar-refractivity contribution < 1.29 is 19.1 Å². The van der Waals surface area contributed by atoms with Crippen LogP contribution in [0.25, 0.3) is 0 Å². The Morgan fingerprint density at radius 2 is 2.29 bits per heavy atom. The molecular weight excluding hydrogens is 308 g/mol. The first kappa shape index (κ1) is 16.9. The van der Waals surface area contributed by atoms with Gasteiger partial charge in [0.1, 0.15) is 0 Å². The summed E-state index contributed by atoms with van der Waals surface area (Å²) in [6, 6.07) is 5.40. The Balaban J connectivity index is 1.36. The number of carbonyl (C=O) groups is 2. The van der Waals surface area contributed by atoms with Crippen LogP contribution in [0.5, 0.6) is 0 Å². The predicted octanol–water partition coefficient (Wildman–Crippen LogP) is 1.89. The van der Waals surface area contributed by atoms with Gasteiger partial charge in [-0.2, -0.15) is 0 Å². The highest BCUT2D eigenvalue weighted by atomic mass is 16.5. The fraction of sp³-hybridized carbons (Fsp3) is 0.556. The lowest BCUT2D eigenvalue weighted by atomic mass is 10.00. The summed E-state index contributed by atoms with van der Waals surface area (Å²) in [7, 11) is 0. The molecule has 0 spiro atoms. The fourth-order valence-corrected chi connectivity index (χ4v) is 2.99. The number of aryl methyl sites for hydroxylation is 1. The summed E-state index contributed by atoms with van der Waals surface area (Å²) in [5.41, 5.74) is 2.46. The fourth-order valence-electron chi connectivity index (χ4n) is 2.99. The molecule has 1 aromatic carbocycles. The quantitative estimate of drug-likeness (QED) is 0.748. The van der Waals surface area contributed by atoms with E-state index in [9.17, 15) is 9.59 Å². The minimum Gasteiger partial charge on any atom is -0.379 e. The Bertz CT molecular complexity index is 597. The van der Waals surface area contributed by atoms with Crippen LogP contribution in [0.3, 0.4) is 0 Å². The molecule has 0 bridgehead atoms. The Labute approximate surface area is 141 Å². The van der Waals surface area contributed by atoms with Gasteiger partial charge in [-0.25, -0.2) is 0 Å². The van der Waals surface area contributed by atoms with E-state index in [-0.39, 0.29) is 17.9 Å². The maximum Gasteiger partial charge on any atom is 0.251 e. The van der Waals surface area contributed by atoms with Gasteiger partial charge >= 0.3 is 0 Å². The molecule has 2 amide bonds. The zero-order valence-electron chi connectivity index (χ0n) is 13.8. The number of rotatable bonds is 7. The van der Waals surface area contributed by atoms with E-state index >= 15 is 0 Å². The van der Waals surface area contributed by atoms with Crippen LogP contribution in [-0.4, -0.2) is 44.3 Å². The van der Waals surface area contributed by atoms with Crippen LogP contribution in [0.15, 0.2) is 18.2 Å². The van der Waals surface area contributed by atoms with Gasteiger partial charge in [0.05, 0.1) is 12.7 Å². The van der Waals surface area contributed by atoms with Crippen LogP contribution in [0.2, 0.25) is 0 Å². The molecular formula is C18H24N2O4. The summed E-state index contributed by atoms with van der Waals surface area (Å²) in [6.45, 7) is 2.69. The lowest BCUT2D eigenvalue weighted by molar-refractivity contribution is -0.116. The predicted molar refractivity (Wildman–Crippen MR) is 90.1 cm³/mol. The summed E-state index contributed by atoms with van der Waals surface area (Å²) >= 11 is 0. The summed E-state index contributed by atoms with van der Waals surface area (Å²) < 4.78 is 11.1. The molecule has 2 aliphatic rings. The van der Waals surface area contributed by atoms with Crippen molar-refractivity contribution in [2.24, 2.45) is 0 Å². The van der Waals surface area contributed by atoms with Crippen molar-refractivity contribution in [1.82, 2.24) is 5.32 Å². The average Bonchev–Trinajstić information content (AvgIpc) is 3.10. The Kier molecular flexibility index (Phi) is 5.82. The molecule has 130 valence electrons. The van der Waals surface area contributed by atoms with E-state index in [1.165, 1.54) is 0 Å². The molecule has 1 aromatic rings. The number of carbonyl (C=O) groups excluding carboxylic acids is 2. The number of nitrogens with one attached hydrogen (secondary N) is 2. The lowest BCUT2D eigenvalue weighted by Gasteiger charge is -2.17. The van der Waals surface area contributed by atoms with Gasteiger partial charge in [-0.1, -0.05) is 0 Å². The standard InChI is InChI=1S/C18H24N2O4/c21-17-7-5-13-11-14(4-6-16(13)20-17)18(22)19-8-2-9-23-12-15-3-1-10-24-15/h4,6,11,15H,1-3,5,7-10,12H2,(H,19,22)(H,20,21)/t15-/m0/s1. The van der Waals surface area contributed by atoms with Crippen molar-refractivity contribution >= 4 is 17.5 Å². The summed E-state index contributed by atoms with van der Waals surface area (Å²) in [5.74, 6) is -0.0588. The van der Waals surface area contributed by atoms with Gasteiger partial charge in [0.15, 0.2) is 0 Å². The second-order valence-corrected chi connectivity index (χ2v) is 6.24. The molecule has 3 rings (SSSR count). The zero-order chi connectivity index (χ0) is 16.8. The highest BCUT2D eigenvalue weighted by molar-refractivity contribution is 5.97. The second kappa shape index (κ2) is 8.26. The Morgan fingerprint density at radius 1 is 1.38 bits per heavy atom. The zero-order valence-corrected chi connectivity index (χ0v) is 13.8. The van der Waals surface area contributed by atoms with Crippen LogP contribution in [0.4, 0.5) is 5.69 Å². The van der Waals surface area contributed by atoms with Crippen molar-refractivity contribution in [3.63, 3.8) is 0 Å². The molecule has 0 aromatic heterocycles. The van der Waals surface area contributed by atoms with Crippen LogP contribution >= 0.6 is 0 Å². The summed E-state index contributed by atoms with van der Waals surface area (Å²) in [6.07, 6.45) is 4.37. The monoisotopic (exact) mass is 332 g/mol. The van der Waals surface area contributed by atoms with Gasteiger partial charge in [-0.3, -0.25) is 9.59 Å². The third-order valence-electron chi connectivity index (χ3n) is 4.34. The van der Waals surface area contributed by atoms with Crippen LogP contribution in [-0.2, 0) is 20.7 Å². The molecule has 0 radical (unpaired) electrons. The molecule has 6 nitrogen and oxygen atoms in total. The molecule has 2 aliphatic heterocycles. The van der Waals surface area contributed by atoms with E-state index in [4.69, 9.17) is 9.47 Å². The molecule has 1 fully saturated rings. The van der Waals surface area contributed by atoms with E-state index in [2.05, 4.69) is 10.6 Å². The first-order chi connectivity index (χ1) is 11.7. The highest BCUT2D eigenvalue weighted by Crippen LogP contribution is 2.23. The molecule has 1 saturated heterocycles. The maximum atomic E-state index is 12.2. The van der Waals surface area contributed by atoms with E-state index < -0.39 is 0 Å². The van der Waals surface area contributed by atoms with Gasteiger partial charge in [0.2, 0.25) is 5.91 Å². The van der Waals surface area contributed by atoms with Crippen LogP contribution in [0, 0.1) is 0 Å². The summed E-state index contributed by atoms with van der Waals surface area (Å²) in [5, 5.41) is 5.72. The average molecular weight is 332 g/mol. The Morgan fingerprint density at radius 3 is 3.12 bits per heavy atom. The van der Waals surface area contributed by atoms with Gasteiger partial charge in [0, 0.05) is 37.4 Å². The van der Waals surface area contributed by atoms with Crippen LogP contribution < -0.4 is 10.6 Å². The first-order valence-electron chi connectivity index (χ1n) is 8.63. The smallest absolute Gasteiger partial charge is 0.251 e. The van der Waals surface area contributed by atoms with Crippen LogP contribution in [0.1, 0.15) is 41.6 Å². The highest BCUT2D eigenvalue weighted by Gasteiger charge is 2.17. The Hall–Kier alpha value is -1.92. The number of ether oxygens (including phenoxy) is 2. The first-order valence-corrected chi connectivity index (χ1v) is 8.63. The van der Waals surface area contributed by atoms with Gasteiger partial charge in [0.25, 0.3) is 5.91 Å². The molecule has 2 heterocycles. The van der Waals surface area contributed by atoms with E-state index in [1.807, 2.05) is 6.07 Å². The number of hydrogen-bond acceptors (Lipinski definition) is 4. The van der Waals surface area contributed by atoms with Gasteiger partial charge in [-0.05, 0) is 49.4 Å². The minimum atomic E-state index is -0.0890. The maximum absolute atomic E-state index is 12.2. The normalized spacial score (nSPS) is 19.7. The second-order valence-electron chi connectivity index (χ2n) is 6.24. The topological polar surface area (TPSA) is 76.7 Å². The largest absolute Gasteiger partial charge is 0.379 e. The lowest BCUT2D eigenvalue weighted by Crippen LogP contribution is -2.26. The van der Waals surface area contributed by atoms with Crippen molar-refractivity contribution in [3.8, 4) is 0 Å². The molecule has 6 heteroatoms. The third-order valence-corrected chi connectivity index (χ3v) is 4.34. The molecule has 2 N–H and O–H groups in total. The molecule has 0 unspecified atom stereocenters. The molecule has 0 saturated carbocycles. The number of fused-ring (bicyclic) bond motifs is 1. The number of amides is 2. The van der Waals surface area contributed by atoms with E-state index in [0.29, 0.717) is 38.2 Å². The summed E-state index contributed by atoms with van der Waals surface area (Å²) in [4.78, 5) is 23.5. The van der Waals surface area contributed by atoms with E-state index in [0.717, 1.165) is 37.1 Å². The number of benzene rings is 1. The van der Waals surface area contributed by atoms with Gasteiger partial charge < -0.3 is 20.1 Å². The molecule has 1 atom stereocenters. The minimum absolute atomic E-state index is 0.0303. The van der Waals surface area contributed by atoms with E-state index in [1.54, 1.807) is 12.1 Å². The van der Waals surface area contributed by atoms with Crippen molar-refractivity contribution in [1.29, 1.82) is 0 Å². The third kappa shape index (κ3) is 4.55. The van der Waals surface area contributed by atoms with Crippen molar-refractivity contribution in [2.75, 3.05) is 31.7 Å². The molecule has 24 heavy (non-hydrogen) atoms.